The summed E-state index contributed by atoms with van der Waals surface area (Å²) >= 11 is 0. The second kappa shape index (κ2) is 11.1. The number of hydrogen-bond acceptors (Lipinski definition) is 3. The van der Waals surface area contributed by atoms with E-state index in [1.165, 1.54) is 83.5 Å². The molecule has 4 bridgehead atoms. The van der Waals surface area contributed by atoms with E-state index in [0.717, 1.165) is 60.8 Å². The molecule has 0 spiro atoms. The third-order valence-corrected chi connectivity index (χ3v) is 11.6. The topological polar surface area (TPSA) is 43.4 Å². The van der Waals surface area contributed by atoms with Gasteiger partial charge in [-0.2, -0.15) is 8.42 Å². The molecule has 0 aliphatic carbocycles. The summed E-state index contributed by atoms with van der Waals surface area (Å²) in [6, 6.07) is 6.99. The van der Waals surface area contributed by atoms with Crippen molar-refractivity contribution < 1.29 is 12.6 Å². The van der Waals surface area contributed by atoms with Gasteiger partial charge in [-0.25, -0.2) is 0 Å². The van der Waals surface area contributed by atoms with Crippen LogP contribution in [0.5, 0.6) is 0 Å². The van der Waals surface area contributed by atoms with E-state index in [1.54, 1.807) is 12.1 Å². The minimum atomic E-state index is -3.64. The minimum absolute atomic E-state index is 0.279. The smallest absolute Gasteiger partial charge is 0.266 e. The van der Waals surface area contributed by atoms with Crippen molar-refractivity contribution in [2.24, 2.45) is 0 Å². The Morgan fingerprint density at radius 2 is 1.21 bits per heavy atom. The molecule has 4 fully saturated rings. The van der Waals surface area contributed by atoms with E-state index in [2.05, 4.69) is 0 Å². The van der Waals surface area contributed by atoms with Gasteiger partial charge in [0.05, 0.1) is 11.5 Å². The molecule has 0 atom stereocenters. The Kier molecular flexibility index (Phi) is 8.15. The highest BCUT2D eigenvalue weighted by molar-refractivity contribution is 7.86. The highest BCUT2D eigenvalue weighted by atomic mass is 32.2. The highest BCUT2D eigenvalue weighted by Gasteiger charge is 2.51. The number of hydrogen-bond donors (Lipinski definition) is 0. The fourth-order valence-corrected chi connectivity index (χ4v) is 9.86. The van der Waals surface area contributed by atoms with E-state index in [4.69, 9.17) is 4.18 Å². The lowest BCUT2D eigenvalue weighted by Crippen LogP contribution is -2.49. The number of unbranched alkanes of at least 4 members (excludes halogenated alkanes) is 1. The van der Waals surface area contributed by atoms with Crippen molar-refractivity contribution in [2.45, 2.75) is 137 Å². The van der Waals surface area contributed by atoms with Crippen LogP contribution in [0.2, 0.25) is 29.0 Å². The van der Waals surface area contributed by atoms with Crippen molar-refractivity contribution in [1.82, 2.24) is 0 Å². The molecule has 1 aromatic carbocycles. The number of aryl methyl sites for hydroxylation is 1. The lowest BCUT2D eigenvalue weighted by Gasteiger charge is -2.51. The van der Waals surface area contributed by atoms with Crippen molar-refractivity contribution in [1.29, 1.82) is 0 Å². The molecule has 1 aromatic rings. The van der Waals surface area contributed by atoms with Gasteiger partial charge < -0.3 is 0 Å². The van der Waals surface area contributed by atoms with Crippen molar-refractivity contribution >= 4 is 23.5 Å². The highest BCUT2D eigenvalue weighted by Crippen LogP contribution is 2.58. The van der Waals surface area contributed by atoms with Gasteiger partial charge in [0, 0.05) is 0 Å². The Morgan fingerprint density at radius 3 is 1.65 bits per heavy atom. The van der Waals surface area contributed by atoms with Crippen molar-refractivity contribution in [3.05, 3.63) is 29.8 Å². The third-order valence-electron chi connectivity index (χ3n) is 10.2. The van der Waals surface area contributed by atoms with E-state index in [-0.39, 0.29) is 4.90 Å². The summed E-state index contributed by atoms with van der Waals surface area (Å²) < 4.78 is 30.6. The standard InChI is InChI=1S/C28H44B2O3S/c1-22-17-19-27(20-18-22)34(31,32)33-21-3-2-16-28(29-23-8-4-9-24(29)11-5-10-23)30-25-12-6-13-26(30)15-7-14-25/h17-20,23-26,28H,2-16,21H2,1H3. The number of benzene rings is 1. The van der Waals surface area contributed by atoms with Gasteiger partial charge >= 0.3 is 0 Å². The lowest BCUT2D eigenvalue weighted by molar-refractivity contribution is 0.307. The maximum absolute atomic E-state index is 12.6. The van der Waals surface area contributed by atoms with Gasteiger partial charge in [-0.15, -0.1) is 0 Å². The number of fused-ring (bicyclic) bond motifs is 4. The first-order valence-electron chi connectivity index (χ1n) is 14.5. The van der Waals surface area contributed by atoms with Gasteiger partial charge in [0.2, 0.25) is 0 Å². The molecule has 34 heavy (non-hydrogen) atoms. The summed E-state index contributed by atoms with van der Waals surface area (Å²) in [5.74, 6) is 3.88. The van der Waals surface area contributed by atoms with Crippen LogP contribution in [0.15, 0.2) is 29.2 Å². The first-order chi connectivity index (χ1) is 16.5. The molecular weight excluding hydrogens is 438 g/mol. The molecule has 0 amide bonds. The Labute approximate surface area is 209 Å². The van der Waals surface area contributed by atoms with E-state index < -0.39 is 10.1 Å². The molecule has 4 saturated heterocycles. The predicted molar refractivity (Wildman–Crippen MR) is 144 cm³/mol. The number of rotatable bonds is 9. The minimum Gasteiger partial charge on any atom is -0.266 e. The van der Waals surface area contributed by atoms with Crippen LogP contribution in [0.1, 0.15) is 102 Å². The zero-order valence-corrected chi connectivity index (χ0v) is 22.1. The molecule has 0 aromatic heterocycles. The van der Waals surface area contributed by atoms with E-state index >= 15 is 0 Å². The molecule has 0 N–H and O–H groups in total. The molecule has 0 unspecified atom stereocenters. The van der Waals surface area contributed by atoms with Gasteiger partial charge in [-0.1, -0.05) is 137 Å². The fraction of sp³-hybridized carbons (Fsp3) is 0.786. The molecule has 4 aliphatic heterocycles. The normalized spacial score (nSPS) is 30.3. The second-order valence-electron chi connectivity index (χ2n) is 12.2. The average Bonchev–Trinajstić information content (AvgIpc) is 2.81. The maximum atomic E-state index is 12.6. The fourth-order valence-electron chi connectivity index (χ4n) is 8.92. The summed E-state index contributed by atoms with van der Waals surface area (Å²) in [6.45, 7) is 4.18. The van der Waals surface area contributed by atoms with Gasteiger partial charge in [-0.05, 0) is 25.5 Å². The molecule has 0 radical (unpaired) electrons. The molecule has 5 rings (SSSR count). The second-order valence-corrected chi connectivity index (χ2v) is 13.8. The third kappa shape index (κ3) is 5.48. The van der Waals surface area contributed by atoms with Crippen molar-refractivity contribution in [3.8, 4) is 0 Å². The first kappa shape index (κ1) is 24.9. The van der Waals surface area contributed by atoms with Gasteiger partial charge in [0.25, 0.3) is 10.1 Å². The Bertz CT molecular complexity index is 827. The molecule has 6 heteroatoms. The molecular formula is C28H44B2O3S. The first-order valence-corrected chi connectivity index (χ1v) is 15.9. The summed E-state index contributed by atoms with van der Waals surface area (Å²) in [4.78, 5) is 0.279. The zero-order valence-electron chi connectivity index (χ0n) is 21.3. The molecule has 186 valence electrons. The van der Waals surface area contributed by atoms with Crippen LogP contribution in [0.3, 0.4) is 0 Å². The van der Waals surface area contributed by atoms with Gasteiger partial charge in [-0.3, -0.25) is 4.18 Å². The predicted octanol–water partition coefficient (Wildman–Crippen LogP) is 7.99. The molecule has 0 saturated carbocycles. The summed E-state index contributed by atoms with van der Waals surface area (Å²) in [5.41, 5.74) is 1.94. The Morgan fingerprint density at radius 1 is 0.765 bits per heavy atom. The SMILES string of the molecule is Cc1ccc(S(=O)(=O)OCCCCC(B2C3CCCC2CCC3)B2C3CCCC2CCC3)cc1. The van der Waals surface area contributed by atoms with Crippen LogP contribution in [0.4, 0.5) is 0 Å². The van der Waals surface area contributed by atoms with E-state index in [0.29, 0.717) is 6.61 Å². The van der Waals surface area contributed by atoms with Crippen LogP contribution in [-0.4, -0.2) is 28.5 Å². The summed E-state index contributed by atoms with van der Waals surface area (Å²) in [6.07, 6.45) is 20.9. The van der Waals surface area contributed by atoms with Gasteiger partial charge in [0.1, 0.15) is 13.4 Å². The van der Waals surface area contributed by atoms with Crippen LogP contribution >= 0.6 is 0 Å². The van der Waals surface area contributed by atoms with Crippen LogP contribution < -0.4 is 0 Å². The van der Waals surface area contributed by atoms with Gasteiger partial charge in [0.15, 0.2) is 0 Å². The summed E-state index contributed by atoms with van der Waals surface area (Å²) in [7, 11) is -3.64. The van der Waals surface area contributed by atoms with Crippen LogP contribution in [0.25, 0.3) is 0 Å². The monoisotopic (exact) mass is 482 g/mol. The molecule has 3 nitrogen and oxygen atoms in total. The largest absolute Gasteiger partial charge is 0.296 e. The quantitative estimate of drug-likeness (QED) is 0.204. The van der Waals surface area contributed by atoms with E-state index in [9.17, 15) is 8.42 Å². The lowest BCUT2D eigenvalue weighted by atomic mass is 9.06. The maximum Gasteiger partial charge on any atom is 0.296 e. The average molecular weight is 482 g/mol. The summed E-state index contributed by atoms with van der Waals surface area (Å²) in [5, 5.41) is 0. The van der Waals surface area contributed by atoms with Crippen molar-refractivity contribution in [2.75, 3.05) is 6.61 Å². The van der Waals surface area contributed by atoms with Crippen LogP contribution in [-0.2, 0) is 14.3 Å². The molecule has 4 aliphatic rings. The Balaban J connectivity index is 1.23. The zero-order chi connectivity index (χ0) is 23.5. The van der Waals surface area contributed by atoms with E-state index in [1.807, 2.05) is 19.1 Å². The van der Waals surface area contributed by atoms with Crippen LogP contribution in [0, 0.1) is 6.92 Å². The van der Waals surface area contributed by atoms with Crippen molar-refractivity contribution in [3.63, 3.8) is 0 Å². The molecule has 4 heterocycles. The Hall–Kier alpha value is -0.740.